The van der Waals surface area contributed by atoms with Crippen LogP contribution in [-0.2, 0) is 23.6 Å². The molecule has 2 amide bonds. The summed E-state index contributed by atoms with van der Waals surface area (Å²) in [6.45, 7) is 13.7. The van der Waals surface area contributed by atoms with Gasteiger partial charge in [-0.3, -0.25) is 9.58 Å². The maximum Gasteiger partial charge on any atom is 1.00 e. The molecule has 0 aliphatic rings. The molecule has 180 valence electrons. The molecule has 0 aliphatic heterocycles. The summed E-state index contributed by atoms with van der Waals surface area (Å²) in [5.74, 6) is -0.549. The molecule has 2 aromatic rings. The van der Waals surface area contributed by atoms with E-state index in [1.165, 1.54) is 22.9 Å². The van der Waals surface area contributed by atoms with Crippen LogP contribution < -0.4 is 39.6 Å². The Morgan fingerprint density at radius 3 is 2.09 bits per heavy atom. The number of rotatable bonds is 9. The van der Waals surface area contributed by atoms with E-state index in [9.17, 15) is 17.6 Å². The zero-order valence-electron chi connectivity index (χ0n) is 21.9. The smallest absolute Gasteiger partial charge is 1.00 e. The monoisotopic (exact) mass is 491 g/mol. The SMILES string of the molecule is CCN(CC)Cc1cc(S(=O)(=O)NC(=O)Nc2c(C(C)C)cc(F)cc2C(C)C)nn1C.[H-].[Na+]. The number of carbonyl (C=O) groups excluding carboxylic acids is 1. The molecule has 0 spiro atoms. The molecule has 1 aromatic carbocycles. The molecule has 8 nitrogen and oxygen atoms in total. The number of anilines is 1. The van der Waals surface area contributed by atoms with Crippen LogP contribution in [0.2, 0.25) is 0 Å². The minimum Gasteiger partial charge on any atom is -1.00 e. The van der Waals surface area contributed by atoms with E-state index >= 15 is 0 Å². The Kier molecular flexibility index (Phi) is 11.0. The van der Waals surface area contributed by atoms with E-state index in [2.05, 4.69) is 15.3 Å². The summed E-state index contributed by atoms with van der Waals surface area (Å²) in [7, 11) is -2.52. The molecule has 0 radical (unpaired) electrons. The predicted molar refractivity (Wildman–Crippen MR) is 125 cm³/mol. The van der Waals surface area contributed by atoms with Crippen LogP contribution >= 0.6 is 0 Å². The van der Waals surface area contributed by atoms with Gasteiger partial charge in [-0.2, -0.15) is 13.5 Å². The van der Waals surface area contributed by atoms with Gasteiger partial charge in [-0.05, 0) is 48.2 Å². The van der Waals surface area contributed by atoms with Crippen molar-refractivity contribution >= 4 is 21.7 Å². The summed E-state index contributed by atoms with van der Waals surface area (Å²) in [6, 6.07) is 3.26. The summed E-state index contributed by atoms with van der Waals surface area (Å²) >= 11 is 0. The maximum absolute atomic E-state index is 14.1. The van der Waals surface area contributed by atoms with E-state index in [0.717, 1.165) is 18.8 Å². The van der Waals surface area contributed by atoms with Crippen molar-refractivity contribution in [2.24, 2.45) is 7.05 Å². The third kappa shape index (κ3) is 7.51. The molecule has 1 heterocycles. The van der Waals surface area contributed by atoms with Crippen LogP contribution in [0.1, 0.15) is 71.6 Å². The first kappa shape index (κ1) is 29.6. The Balaban J connectivity index is 0.00000544. The average Bonchev–Trinajstić information content (AvgIpc) is 3.07. The van der Waals surface area contributed by atoms with E-state index in [4.69, 9.17) is 0 Å². The Morgan fingerprint density at radius 2 is 1.64 bits per heavy atom. The number of halogens is 1. The first-order valence-electron chi connectivity index (χ1n) is 10.8. The van der Waals surface area contributed by atoms with Crippen LogP contribution in [0.15, 0.2) is 23.2 Å². The van der Waals surface area contributed by atoms with Crippen LogP contribution in [0.4, 0.5) is 14.9 Å². The van der Waals surface area contributed by atoms with Gasteiger partial charge in [0.1, 0.15) is 5.82 Å². The molecule has 0 saturated heterocycles. The fourth-order valence-electron chi connectivity index (χ4n) is 3.45. The van der Waals surface area contributed by atoms with Crippen LogP contribution in [0, 0.1) is 5.82 Å². The van der Waals surface area contributed by atoms with Crippen molar-refractivity contribution < 1.29 is 48.6 Å². The quantitative estimate of drug-likeness (QED) is 0.515. The largest absolute Gasteiger partial charge is 1.00 e. The van der Waals surface area contributed by atoms with Crippen LogP contribution in [-0.4, -0.2) is 42.2 Å². The normalized spacial score (nSPS) is 11.7. The zero-order valence-corrected chi connectivity index (χ0v) is 23.7. The van der Waals surface area contributed by atoms with Gasteiger partial charge in [0.05, 0.1) is 5.69 Å². The first-order chi connectivity index (χ1) is 14.9. The molecule has 11 heteroatoms. The predicted octanol–water partition coefficient (Wildman–Crippen LogP) is 1.27. The van der Waals surface area contributed by atoms with Gasteiger partial charge in [-0.25, -0.2) is 13.9 Å². The van der Waals surface area contributed by atoms with Crippen molar-refractivity contribution in [2.45, 2.75) is 64.9 Å². The van der Waals surface area contributed by atoms with Gasteiger partial charge in [-0.1, -0.05) is 41.5 Å². The number of carbonyl (C=O) groups is 1. The van der Waals surface area contributed by atoms with Crippen molar-refractivity contribution in [1.82, 2.24) is 19.4 Å². The second kappa shape index (κ2) is 12.3. The van der Waals surface area contributed by atoms with E-state index in [1.807, 2.05) is 46.3 Å². The molecule has 1 aromatic heterocycles. The number of sulfonamides is 1. The molecule has 0 bridgehead atoms. The minimum absolute atomic E-state index is 0. The van der Waals surface area contributed by atoms with Gasteiger partial charge < -0.3 is 6.74 Å². The van der Waals surface area contributed by atoms with Gasteiger partial charge in [0, 0.05) is 25.3 Å². The summed E-state index contributed by atoms with van der Waals surface area (Å²) in [4.78, 5) is 14.8. The van der Waals surface area contributed by atoms with Gasteiger partial charge in [0.25, 0.3) is 10.0 Å². The van der Waals surface area contributed by atoms with E-state index < -0.39 is 21.9 Å². The fourth-order valence-corrected chi connectivity index (χ4v) is 4.37. The van der Waals surface area contributed by atoms with Gasteiger partial charge in [-0.15, -0.1) is 0 Å². The van der Waals surface area contributed by atoms with Crippen LogP contribution in [0.25, 0.3) is 0 Å². The number of amides is 2. The average molecular weight is 492 g/mol. The van der Waals surface area contributed by atoms with Gasteiger partial charge in [0.15, 0.2) is 5.03 Å². The van der Waals surface area contributed by atoms with Crippen LogP contribution in [0.5, 0.6) is 0 Å². The fraction of sp³-hybridized carbons (Fsp3) is 0.545. The number of hydrogen-bond acceptors (Lipinski definition) is 5. The molecule has 0 saturated carbocycles. The van der Waals surface area contributed by atoms with Crippen molar-refractivity contribution in [2.75, 3.05) is 18.4 Å². The van der Waals surface area contributed by atoms with E-state index in [0.29, 0.717) is 23.4 Å². The van der Waals surface area contributed by atoms with Gasteiger partial charge >= 0.3 is 35.6 Å². The zero-order chi connectivity index (χ0) is 24.2. The minimum atomic E-state index is -4.19. The summed E-state index contributed by atoms with van der Waals surface area (Å²) in [5, 5.41) is 6.47. The number of aromatic nitrogens is 2. The summed E-state index contributed by atoms with van der Waals surface area (Å²) < 4.78 is 43.2. The molecular formula is C22H35FN5NaO3S. The number of nitrogens with zero attached hydrogens (tertiary/aromatic N) is 3. The molecule has 0 aliphatic carbocycles. The number of aryl methyl sites for hydroxylation is 1. The van der Waals surface area contributed by atoms with Crippen LogP contribution in [0.3, 0.4) is 0 Å². The van der Waals surface area contributed by atoms with Crippen molar-refractivity contribution in [1.29, 1.82) is 0 Å². The van der Waals surface area contributed by atoms with E-state index in [-0.39, 0.29) is 47.8 Å². The number of hydrogen-bond donors (Lipinski definition) is 2. The third-order valence-corrected chi connectivity index (χ3v) is 6.59. The third-order valence-electron chi connectivity index (χ3n) is 5.38. The molecule has 2 N–H and O–H groups in total. The summed E-state index contributed by atoms with van der Waals surface area (Å²) in [6.07, 6.45) is 0. The summed E-state index contributed by atoms with van der Waals surface area (Å²) in [5.41, 5.74) is 2.34. The standard InChI is InChI=1S/C22H34FN5O3S.Na.H/c1-8-28(9-2)13-17-12-20(25-27(17)7)32(30,31)26-22(29)24-21-18(14(3)4)10-16(23)11-19(21)15(5)6;;/h10-12,14-15H,8-9,13H2,1-7H3,(H2,24,26,29);;/q;+1;-1. The molecule has 0 unspecified atom stereocenters. The van der Waals surface area contributed by atoms with Crippen molar-refractivity contribution in [3.05, 3.63) is 40.8 Å². The van der Waals surface area contributed by atoms with Crippen molar-refractivity contribution in [3.63, 3.8) is 0 Å². The Labute approximate surface area is 220 Å². The first-order valence-corrected chi connectivity index (χ1v) is 12.3. The Morgan fingerprint density at radius 1 is 1.12 bits per heavy atom. The van der Waals surface area contributed by atoms with Crippen molar-refractivity contribution in [3.8, 4) is 0 Å². The molecule has 2 rings (SSSR count). The maximum atomic E-state index is 14.1. The number of nitrogens with one attached hydrogen (secondary N) is 2. The molecule has 0 atom stereocenters. The number of urea groups is 1. The molecule has 0 fully saturated rings. The number of benzene rings is 1. The Hall–Kier alpha value is -1.46. The topological polar surface area (TPSA) is 96.3 Å². The Bertz CT molecular complexity index is 1040. The second-order valence-electron chi connectivity index (χ2n) is 8.39. The van der Waals surface area contributed by atoms with Gasteiger partial charge in [0.2, 0.25) is 0 Å². The molecule has 33 heavy (non-hydrogen) atoms. The van der Waals surface area contributed by atoms with E-state index in [1.54, 1.807) is 7.05 Å². The molecular weight excluding hydrogens is 456 g/mol. The second-order valence-corrected chi connectivity index (χ2v) is 10.0.